The first kappa shape index (κ1) is 12.2. The van der Waals surface area contributed by atoms with Crippen LogP contribution in [0.15, 0.2) is 48.5 Å². The highest BCUT2D eigenvalue weighted by Crippen LogP contribution is 2.41. The fourth-order valence-corrected chi connectivity index (χ4v) is 2.48. The van der Waals surface area contributed by atoms with Crippen molar-refractivity contribution < 1.29 is 5.11 Å². The lowest BCUT2D eigenvalue weighted by molar-refractivity contribution is 0.464. The van der Waals surface area contributed by atoms with Crippen LogP contribution in [0.1, 0.15) is 35.4 Å². The minimum atomic E-state index is 0.366. The van der Waals surface area contributed by atoms with Gasteiger partial charge in [-0.15, -0.1) is 0 Å². The molecule has 2 aromatic rings. The summed E-state index contributed by atoms with van der Waals surface area (Å²) in [6.07, 6.45) is 2.66. The molecule has 0 radical (unpaired) electrons. The Labute approximate surface area is 114 Å². The van der Waals surface area contributed by atoms with Gasteiger partial charge in [-0.1, -0.05) is 42.5 Å². The summed E-state index contributed by atoms with van der Waals surface area (Å²) < 4.78 is 0. The maximum atomic E-state index is 9.72. The van der Waals surface area contributed by atoms with Crippen LogP contribution in [0.5, 0.6) is 5.75 Å². The number of rotatable bonds is 5. The molecule has 1 aliphatic rings. The van der Waals surface area contributed by atoms with Gasteiger partial charge in [-0.25, -0.2) is 0 Å². The van der Waals surface area contributed by atoms with Crippen LogP contribution in [-0.2, 0) is 13.1 Å². The molecule has 1 aliphatic carbocycles. The van der Waals surface area contributed by atoms with Crippen LogP contribution >= 0.6 is 0 Å². The van der Waals surface area contributed by atoms with E-state index >= 15 is 0 Å². The zero-order valence-electron chi connectivity index (χ0n) is 11.0. The summed E-state index contributed by atoms with van der Waals surface area (Å²) in [6, 6.07) is 16.2. The first-order valence-electron chi connectivity index (χ1n) is 6.90. The van der Waals surface area contributed by atoms with E-state index in [0.717, 1.165) is 18.0 Å². The molecular weight excluding hydrogens is 234 g/mol. The standard InChI is InChI=1S/C17H19NO/c19-17-8-4-2-6-15(17)12-18-11-14-5-1-3-7-16(14)13-9-10-13/h1-8,13,18-19H,9-12H2. The van der Waals surface area contributed by atoms with Gasteiger partial charge in [-0.05, 0) is 36.0 Å². The minimum Gasteiger partial charge on any atom is -0.508 e. The molecule has 0 aliphatic heterocycles. The van der Waals surface area contributed by atoms with E-state index in [1.807, 2.05) is 18.2 Å². The molecular formula is C17H19NO. The van der Waals surface area contributed by atoms with Gasteiger partial charge in [0.1, 0.15) is 5.75 Å². The fourth-order valence-electron chi connectivity index (χ4n) is 2.48. The average molecular weight is 253 g/mol. The second-order valence-corrected chi connectivity index (χ2v) is 5.21. The highest BCUT2D eigenvalue weighted by molar-refractivity contribution is 5.34. The largest absolute Gasteiger partial charge is 0.508 e. The second-order valence-electron chi connectivity index (χ2n) is 5.21. The molecule has 2 N–H and O–H groups in total. The maximum Gasteiger partial charge on any atom is 0.120 e. The Balaban J connectivity index is 1.62. The van der Waals surface area contributed by atoms with Gasteiger partial charge in [0.2, 0.25) is 0 Å². The molecule has 1 fully saturated rings. The molecule has 2 heteroatoms. The number of nitrogens with one attached hydrogen (secondary N) is 1. The van der Waals surface area contributed by atoms with E-state index in [1.54, 1.807) is 6.07 Å². The third-order valence-electron chi connectivity index (χ3n) is 3.69. The van der Waals surface area contributed by atoms with Gasteiger partial charge in [0.15, 0.2) is 0 Å². The molecule has 3 rings (SSSR count). The minimum absolute atomic E-state index is 0.366. The van der Waals surface area contributed by atoms with Crippen LogP contribution in [0.3, 0.4) is 0 Å². The first-order valence-corrected chi connectivity index (χ1v) is 6.90. The molecule has 0 atom stereocenters. The van der Waals surface area contributed by atoms with Gasteiger partial charge in [0.25, 0.3) is 0 Å². The van der Waals surface area contributed by atoms with Crippen molar-refractivity contribution in [3.63, 3.8) is 0 Å². The van der Waals surface area contributed by atoms with E-state index in [0.29, 0.717) is 12.3 Å². The highest BCUT2D eigenvalue weighted by atomic mass is 16.3. The normalized spacial score (nSPS) is 14.5. The molecule has 0 spiro atoms. The lowest BCUT2D eigenvalue weighted by Gasteiger charge is -2.10. The van der Waals surface area contributed by atoms with Crippen molar-refractivity contribution in [3.8, 4) is 5.75 Å². The molecule has 1 saturated carbocycles. The van der Waals surface area contributed by atoms with Gasteiger partial charge < -0.3 is 10.4 Å². The van der Waals surface area contributed by atoms with E-state index in [-0.39, 0.29) is 0 Å². The smallest absolute Gasteiger partial charge is 0.120 e. The summed E-state index contributed by atoms with van der Waals surface area (Å²) in [6.45, 7) is 1.56. The van der Waals surface area contributed by atoms with Crippen LogP contribution in [0.4, 0.5) is 0 Å². The lowest BCUT2D eigenvalue weighted by Crippen LogP contribution is -2.13. The quantitative estimate of drug-likeness (QED) is 0.854. The maximum absolute atomic E-state index is 9.72. The number of para-hydroxylation sites is 1. The molecule has 2 aromatic carbocycles. The summed E-state index contributed by atoms with van der Waals surface area (Å²) >= 11 is 0. The molecule has 19 heavy (non-hydrogen) atoms. The fraction of sp³-hybridized carbons (Fsp3) is 0.294. The molecule has 2 nitrogen and oxygen atoms in total. The monoisotopic (exact) mass is 253 g/mol. The van der Waals surface area contributed by atoms with Gasteiger partial charge in [-0.2, -0.15) is 0 Å². The average Bonchev–Trinajstić information content (AvgIpc) is 3.26. The predicted octanol–water partition coefficient (Wildman–Crippen LogP) is 3.56. The SMILES string of the molecule is Oc1ccccc1CNCc1ccccc1C1CC1. The van der Waals surface area contributed by atoms with Gasteiger partial charge >= 0.3 is 0 Å². The van der Waals surface area contributed by atoms with E-state index < -0.39 is 0 Å². The van der Waals surface area contributed by atoms with E-state index in [2.05, 4.69) is 29.6 Å². The summed E-state index contributed by atoms with van der Waals surface area (Å²) in [5, 5.41) is 13.1. The molecule has 0 aromatic heterocycles. The Kier molecular flexibility index (Phi) is 3.51. The van der Waals surface area contributed by atoms with Gasteiger partial charge in [0, 0.05) is 18.7 Å². The third kappa shape index (κ3) is 2.96. The van der Waals surface area contributed by atoms with E-state index in [1.165, 1.54) is 24.0 Å². The van der Waals surface area contributed by atoms with Crippen molar-refractivity contribution in [1.29, 1.82) is 0 Å². The van der Waals surface area contributed by atoms with Crippen molar-refractivity contribution in [1.82, 2.24) is 5.32 Å². The number of hydrogen-bond acceptors (Lipinski definition) is 2. The number of hydrogen-bond donors (Lipinski definition) is 2. The lowest BCUT2D eigenvalue weighted by atomic mass is 10.0. The van der Waals surface area contributed by atoms with Crippen LogP contribution in [0.25, 0.3) is 0 Å². The van der Waals surface area contributed by atoms with Crippen molar-refractivity contribution in [3.05, 3.63) is 65.2 Å². The van der Waals surface area contributed by atoms with Crippen molar-refractivity contribution in [2.75, 3.05) is 0 Å². The summed E-state index contributed by atoms with van der Waals surface area (Å²) in [7, 11) is 0. The Bertz CT molecular complexity index is 561. The van der Waals surface area contributed by atoms with E-state index in [9.17, 15) is 5.11 Å². The van der Waals surface area contributed by atoms with Crippen LogP contribution in [0.2, 0.25) is 0 Å². The summed E-state index contributed by atoms with van der Waals surface area (Å²) in [5.41, 5.74) is 3.83. The number of aromatic hydroxyl groups is 1. The summed E-state index contributed by atoms with van der Waals surface area (Å²) in [4.78, 5) is 0. The molecule has 0 heterocycles. The number of benzene rings is 2. The van der Waals surface area contributed by atoms with Crippen molar-refractivity contribution >= 4 is 0 Å². The number of phenolic OH excluding ortho intramolecular Hbond substituents is 1. The Morgan fingerprint density at radius 2 is 1.53 bits per heavy atom. The van der Waals surface area contributed by atoms with Gasteiger partial charge in [-0.3, -0.25) is 0 Å². The van der Waals surface area contributed by atoms with Crippen molar-refractivity contribution in [2.24, 2.45) is 0 Å². The number of phenols is 1. The molecule has 98 valence electrons. The van der Waals surface area contributed by atoms with Crippen LogP contribution in [-0.4, -0.2) is 5.11 Å². The molecule has 0 saturated heterocycles. The first-order chi connectivity index (χ1) is 9.34. The Hall–Kier alpha value is -1.80. The zero-order chi connectivity index (χ0) is 13.1. The van der Waals surface area contributed by atoms with Gasteiger partial charge in [0.05, 0.1) is 0 Å². The Morgan fingerprint density at radius 3 is 2.26 bits per heavy atom. The predicted molar refractivity (Wildman–Crippen MR) is 77.1 cm³/mol. The van der Waals surface area contributed by atoms with Crippen LogP contribution < -0.4 is 5.32 Å². The second kappa shape index (κ2) is 5.45. The highest BCUT2D eigenvalue weighted by Gasteiger charge is 2.25. The molecule has 0 bridgehead atoms. The topological polar surface area (TPSA) is 32.3 Å². The van der Waals surface area contributed by atoms with E-state index in [4.69, 9.17) is 0 Å². The molecule has 0 unspecified atom stereocenters. The zero-order valence-corrected chi connectivity index (χ0v) is 11.0. The Morgan fingerprint density at radius 1 is 0.895 bits per heavy atom. The third-order valence-corrected chi connectivity index (χ3v) is 3.69. The summed E-state index contributed by atoms with van der Waals surface area (Å²) in [5.74, 6) is 1.15. The van der Waals surface area contributed by atoms with Crippen LogP contribution in [0, 0.1) is 0 Å². The molecule has 0 amide bonds. The van der Waals surface area contributed by atoms with Crippen molar-refractivity contribution in [2.45, 2.75) is 31.8 Å².